The minimum absolute atomic E-state index is 0.0633. The molecule has 0 spiro atoms. The van der Waals surface area contributed by atoms with Gasteiger partial charge < -0.3 is 10.2 Å². The smallest absolute Gasteiger partial charge is 0.230 e. The Labute approximate surface area is 141 Å². The van der Waals surface area contributed by atoms with E-state index in [-0.39, 0.29) is 5.91 Å². The highest BCUT2D eigenvalue weighted by Crippen LogP contribution is 2.48. The molecule has 1 aliphatic carbocycles. The zero-order valence-electron chi connectivity index (χ0n) is 13.3. The summed E-state index contributed by atoms with van der Waals surface area (Å²) in [6, 6.07) is 11.5. The summed E-state index contributed by atoms with van der Waals surface area (Å²) in [6.07, 6.45) is 3.49. The minimum atomic E-state index is -0.411. The number of hydrogen-bond donors (Lipinski definition) is 1. The SMILES string of the molecule is CN(C)c1ncccc1CNC(=O)C1(c2cccc(Cl)c2)CC1. The number of pyridine rings is 1. The van der Waals surface area contributed by atoms with Crippen LogP contribution in [0.1, 0.15) is 24.0 Å². The van der Waals surface area contributed by atoms with Crippen LogP contribution in [0, 0.1) is 0 Å². The van der Waals surface area contributed by atoms with Crippen LogP contribution in [0.2, 0.25) is 5.02 Å². The van der Waals surface area contributed by atoms with Crippen molar-refractivity contribution in [2.75, 3.05) is 19.0 Å². The first kappa shape index (κ1) is 15.8. The highest BCUT2D eigenvalue weighted by molar-refractivity contribution is 6.30. The van der Waals surface area contributed by atoms with Gasteiger partial charge in [0.05, 0.1) is 5.41 Å². The van der Waals surface area contributed by atoms with Crippen LogP contribution in [-0.4, -0.2) is 25.0 Å². The predicted octanol–water partition coefficient (Wildman–Crippen LogP) is 3.15. The molecule has 1 amide bonds. The lowest BCUT2D eigenvalue weighted by molar-refractivity contribution is -0.123. The summed E-state index contributed by atoms with van der Waals surface area (Å²) >= 11 is 6.07. The molecule has 120 valence electrons. The van der Waals surface area contributed by atoms with Crippen LogP contribution >= 0.6 is 11.6 Å². The molecule has 3 rings (SSSR count). The number of benzene rings is 1. The molecule has 0 aliphatic heterocycles. The number of aromatic nitrogens is 1. The summed E-state index contributed by atoms with van der Waals surface area (Å²) in [5, 5.41) is 3.74. The molecule has 1 aromatic carbocycles. The van der Waals surface area contributed by atoms with E-state index in [9.17, 15) is 4.79 Å². The Balaban J connectivity index is 1.73. The first-order valence-electron chi connectivity index (χ1n) is 7.68. The summed E-state index contributed by atoms with van der Waals surface area (Å²) in [6.45, 7) is 0.475. The Morgan fingerprint density at radius 3 is 2.74 bits per heavy atom. The number of anilines is 1. The molecule has 1 N–H and O–H groups in total. The quantitative estimate of drug-likeness (QED) is 0.916. The van der Waals surface area contributed by atoms with Gasteiger partial charge in [0, 0.05) is 37.4 Å². The van der Waals surface area contributed by atoms with E-state index in [4.69, 9.17) is 11.6 Å². The normalized spacial score (nSPS) is 15.1. The summed E-state index contributed by atoms with van der Waals surface area (Å²) in [4.78, 5) is 19.0. The van der Waals surface area contributed by atoms with Gasteiger partial charge in [-0.1, -0.05) is 29.8 Å². The van der Waals surface area contributed by atoms with Crippen molar-refractivity contribution in [1.82, 2.24) is 10.3 Å². The maximum atomic E-state index is 12.7. The fourth-order valence-electron chi connectivity index (χ4n) is 2.87. The van der Waals surface area contributed by atoms with Crippen LogP contribution in [0.4, 0.5) is 5.82 Å². The van der Waals surface area contributed by atoms with E-state index in [0.29, 0.717) is 11.6 Å². The molecule has 4 nitrogen and oxygen atoms in total. The second-order valence-electron chi connectivity index (χ2n) is 6.16. The Kier molecular flexibility index (Phi) is 4.26. The van der Waals surface area contributed by atoms with Crippen molar-refractivity contribution < 1.29 is 4.79 Å². The van der Waals surface area contributed by atoms with Crippen LogP contribution in [-0.2, 0) is 16.8 Å². The number of hydrogen-bond acceptors (Lipinski definition) is 3. The Morgan fingerprint density at radius 1 is 1.30 bits per heavy atom. The minimum Gasteiger partial charge on any atom is -0.362 e. The van der Waals surface area contributed by atoms with Gasteiger partial charge in [-0.2, -0.15) is 0 Å². The highest BCUT2D eigenvalue weighted by Gasteiger charge is 2.51. The maximum Gasteiger partial charge on any atom is 0.230 e. The van der Waals surface area contributed by atoms with Crippen molar-refractivity contribution in [3.8, 4) is 0 Å². The number of carbonyl (C=O) groups is 1. The molecule has 0 saturated heterocycles. The monoisotopic (exact) mass is 329 g/mol. The maximum absolute atomic E-state index is 12.7. The van der Waals surface area contributed by atoms with Crippen molar-refractivity contribution in [2.45, 2.75) is 24.8 Å². The largest absolute Gasteiger partial charge is 0.362 e. The second-order valence-corrected chi connectivity index (χ2v) is 6.59. The third-order valence-electron chi connectivity index (χ3n) is 4.29. The predicted molar refractivity (Wildman–Crippen MR) is 92.8 cm³/mol. The molecular weight excluding hydrogens is 310 g/mol. The number of rotatable bonds is 5. The molecule has 1 fully saturated rings. The van der Waals surface area contributed by atoms with E-state index in [1.54, 1.807) is 6.20 Å². The summed E-state index contributed by atoms with van der Waals surface area (Å²) in [7, 11) is 3.89. The van der Waals surface area contributed by atoms with Gasteiger partial charge in [-0.3, -0.25) is 4.79 Å². The van der Waals surface area contributed by atoms with E-state index in [2.05, 4.69) is 10.3 Å². The number of carbonyl (C=O) groups excluding carboxylic acids is 1. The molecule has 0 atom stereocenters. The summed E-state index contributed by atoms with van der Waals surface area (Å²) in [5.74, 6) is 0.939. The van der Waals surface area contributed by atoms with Crippen molar-refractivity contribution >= 4 is 23.3 Å². The molecule has 1 aromatic heterocycles. The van der Waals surface area contributed by atoms with Crippen molar-refractivity contribution in [3.05, 3.63) is 58.7 Å². The number of nitrogens with zero attached hydrogens (tertiary/aromatic N) is 2. The van der Waals surface area contributed by atoms with E-state index in [0.717, 1.165) is 29.8 Å². The summed E-state index contributed by atoms with van der Waals surface area (Å²) in [5.41, 5.74) is 1.60. The molecule has 0 radical (unpaired) electrons. The van der Waals surface area contributed by atoms with Gasteiger partial charge in [0.2, 0.25) is 5.91 Å². The average molecular weight is 330 g/mol. The van der Waals surface area contributed by atoms with Crippen molar-refractivity contribution in [3.63, 3.8) is 0 Å². The standard InChI is InChI=1S/C18H20ClN3O/c1-22(2)16-13(5-4-10-20-16)12-21-17(23)18(8-9-18)14-6-3-7-15(19)11-14/h3-7,10-11H,8-9,12H2,1-2H3,(H,21,23). The molecule has 0 unspecified atom stereocenters. The molecule has 2 aromatic rings. The third-order valence-corrected chi connectivity index (χ3v) is 4.53. The van der Waals surface area contributed by atoms with E-state index < -0.39 is 5.41 Å². The van der Waals surface area contributed by atoms with Gasteiger partial charge in [-0.05, 0) is 36.6 Å². The third kappa shape index (κ3) is 3.17. The number of halogens is 1. The Hall–Kier alpha value is -2.07. The zero-order chi connectivity index (χ0) is 16.4. The van der Waals surface area contributed by atoms with Crippen LogP contribution in [0.15, 0.2) is 42.6 Å². The van der Waals surface area contributed by atoms with Gasteiger partial charge in [0.25, 0.3) is 0 Å². The van der Waals surface area contributed by atoms with Gasteiger partial charge in [0.1, 0.15) is 5.82 Å². The van der Waals surface area contributed by atoms with Crippen LogP contribution in [0.3, 0.4) is 0 Å². The average Bonchev–Trinajstić information content (AvgIpc) is 3.34. The molecule has 1 heterocycles. The lowest BCUT2D eigenvalue weighted by atomic mass is 9.95. The second kappa shape index (κ2) is 6.20. The molecule has 1 aliphatic rings. The Morgan fingerprint density at radius 2 is 2.09 bits per heavy atom. The first-order valence-corrected chi connectivity index (χ1v) is 8.06. The van der Waals surface area contributed by atoms with Crippen molar-refractivity contribution in [2.24, 2.45) is 0 Å². The van der Waals surface area contributed by atoms with Gasteiger partial charge in [-0.15, -0.1) is 0 Å². The van der Waals surface area contributed by atoms with E-state index >= 15 is 0 Å². The molecule has 0 bridgehead atoms. The van der Waals surface area contributed by atoms with Gasteiger partial charge in [-0.25, -0.2) is 4.98 Å². The topological polar surface area (TPSA) is 45.2 Å². The fraction of sp³-hybridized carbons (Fsp3) is 0.333. The molecule has 23 heavy (non-hydrogen) atoms. The highest BCUT2D eigenvalue weighted by atomic mass is 35.5. The number of nitrogens with one attached hydrogen (secondary N) is 1. The van der Waals surface area contributed by atoms with Gasteiger partial charge in [0.15, 0.2) is 0 Å². The fourth-order valence-corrected chi connectivity index (χ4v) is 3.06. The van der Waals surface area contributed by atoms with Crippen LogP contribution in [0.25, 0.3) is 0 Å². The summed E-state index contributed by atoms with van der Waals surface area (Å²) < 4.78 is 0. The Bertz CT molecular complexity index is 726. The lowest BCUT2D eigenvalue weighted by Gasteiger charge is -2.19. The number of amides is 1. The molecule has 1 saturated carbocycles. The van der Waals surface area contributed by atoms with Gasteiger partial charge >= 0.3 is 0 Å². The zero-order valence-corrected chi connectivity index (χ0v) is 14.1. The van der Waals surface area contributed by atoms with E-state index in [1.165, 1.54) is 0 Å². The van der Waals surface area contributed by atoms with Crippen LogP contribution in [0.5, 0.6) is 0 Å². The van der Waals surface area contributed by atoms with Crippen LogP contribution < -0.4 is 10.2 Å². The first-order chi connectivity index (χ1) is 11.0. The van der Waals surface area contributed by atoms with Crippen molar-refractivity contribution in [1.29, 1.82) is 0 Å². The lowest BCUT2D eigenvalue weighted by Crippen LogP contribution is -2.34. The molecular formula is C18H20ClN3O. The van der Waals surface area contributed by atoms with E-state index in [1.807, 2.05) is 55.4 Å². The molecule has 5 heteroatoms.